The molecule has 3 heterocycles. The molecule has 0 radical (unpaired) electrons. The predicted molar refractivity (Wildman–Crippen MR) is 122 cm³/mol. The van der Waals surface area contributed by atoms with E-state index in [2.05, 4.69) is 20.6 Å². The molecule has 0 bridgehead atoms. The summed E-state index contributed by atoms with van der Waals surface area (Å²) >= 11 is 0. The van der Waals surface area contributed by atoms with Crippen molar-refractivity contribution >= 4 is 11.6 Å². The number of ether oxygens (including phenoxy) is 1. The lowest BCUT2D eigenvalue weighted by Crippen LogP contribution is -2.43. The molecule has 1 fully saturated rings. The Labute approximate surface area is 195 Å². The second-order valence-electron chi connectivity index (χ2n) is 7.88. The van der Waals surface area contributed by atoms with Gasteiger partial charge in [-0.25, -0.2) is 14.1 Å². The van der Waals surface area contributed by atoms with Gasteiger partial charge in [0.15, 0.2) is 0 Å². The van der Waals surface area contributed by atoms with Crippen LogP contribution in [0.3, 0.4) is 0 Å². The fourth-order valence-electron chi connectivity index (χ4n) is 3.67. The van der Waals surface area contributed by atoms with Crippen LogP contribution in [-0.2, 0) is 16.1 Å². The number of carbonyl (C=O) groups is 1. The van der Waals surface area contributed by atoms with E-state index in [1.165, 1.54) is 12.1 Å². The SMILES string of the molecule is O=C(CNc1cccc(-c2cn(Cc3coc(-c4ccc(F)cc4)n3)nn2)c1)N1CCOCC1. The molecule has 10 heteroatoms. The number of nitrogens with one attached hydrogen (secondary N) is 1. The van der Waals surface area contributed by atoms with Gasteiger partial charge in [0.2, 0.25) is 11.8 Å². The van der Waals surface area contributed by atoms with Crippen LogP contribution in [0.4, 0.5) is 10.1 Å². The summed E-state index contributed by atoms with van der Waals surface area (Å²) in [5.74, 6) is 0.154. The molecular weight excluding hydrogens is 439 g/mol. The van der Waals surface area contributed by atoms with Crippen LogP contribution >= 0.6 is 0 Å². The summed E-state index contributed by atoms with van der Waals surface area (Å²) in [5.41, 5.74) is 3.78. The van der Waals surface area contributed by atoms with Gasteiger partial charge in [-0.05, 0) is 36.4 Å². The second kappa shape index (κ2) is 9.84. The van der Waals surface area contributed by atoms with Gasteiger partial charge < -0.3 is 19.4 Å². The minimum Gasteiger partial charge on any atom is -0.444 e. The predicted octanol–water partition coefficient (Wildman–Crippen LogP) is 3.06. The van der Waals surface area contributed by atoms with Gasteiger partial charge in [-0.3, -0.25) is 4.79 Å². The monoisotopic (exact) mass is 462 g/mol. The van der Waals surface area contributed by atoms with Gasteiger partial charge in [0.25, 0.3) is 0 Å². The Morgan fingerprint density at radius 1 is 1.09 bits per heavy atom. The Morgan fingerprint density at radius 2 is 1.91 bits per heavy atom. The first-order valence-corrected chi connectivity index (χ1v) is 10.9. The first-order valence-electron chi connectivity index (χ1n) is 10.9. The molecule has 1 N–H and O–H groups in total. The van der Waals surface area contributed by atoms with Crippen molar-refractivity contribution in [3.8, 4) is 22.7 Å². The molecule has 2 aromatic carbocycles. The number of benzene rings is 2. The van der Waals surface area contributed by atoms with Gasteiger partial charge in [-0.15, -0.1) is 5.10 Å². The van der Waals surface area contributed by atoms with Gasteiger partial charge in [0.05, 0.1) is 32.5 Å². The molecule has 0 atom stereocenters. The Hall–Kier alpha value is -4.05. The zero-order chi connectivity index (χ0) is 23.3. The van der Waals surface area contributed by atoms with Gasteiger partial charge in [-0.2, -0.15) is 0 Å². The number of oxazole rings is 1. The Kier molecular flexibility index (Phi) is 6.30. The van der Waals surface area contributed by atoms with Crippen molar-refractivity contribution < 1.29 is 18.3 Å². The number of halogens is 1. The number of morpholine rings is 1. The third-order valence-corrected chi connectivity index (χ3v) is 5.47. The quantitative estimate of drug-likeness (QED) is 0.451. The highest BCUT2D eigenvalue weighted by atomic mass is 19.1. The number of hydrogen-bond acceptors (Lipinski definition) is 7. The molecule has 9 nitrogen and oxygen atoms in total. The fraction of sp³-hybridized carbons (Fsp3) is 0.250. The van der Waals surface area contributed by atoms with Crippen molar-refractivity contribution in [3.63, 3.8) is 0 Å². The molecule has 0 spiro atoms. The number of rotatable bonds is 7. The first-order chi connectivity index (χ1) is 16.6. The van der Waals surface area contributed by atoms with Crippen LogP contribution < -0.4 is 5.32 Å². The largest absolute Gasteiger partial charge is 0.444 e. The number of anilines is 1. The van der Waals surface area contributed by atoms with Crippen molar-refractivity contribution in [2.24, 2.45) is 0 Å². The molecule has 0 saturated carbocycles. The Morgan fingerprint density at radius 3 is 2.74 bits per heavy atom. The molecule has 0 aliphatic carbocycles. The Balaban J connectivity index is 1.21. The zero-order valence-electron chi connectivity index (χ0n) is 18.4. The number of nitrogens with zero attached hydrogens (tertiary/aromatic N) is 5. The van der Waals surface area contributed by atoms with E-state index < -0.39 is 0 Å². The molecule has 5 rings (SSSR count). The number of carbonyl (C=O) groups excluding carboxylic acids is 1. The lowest BCUT2D eigenvalue weighted by molar-refractivity contribution is -0.133. The maximum absolute atomic E-state index is 13.1. The van der Waals surface area contributed by atoms with Gasteiger partial charge in [-0.1, -0.05) is 17.3 Å². The zero-order valence-corrected chi connectivity index (χ0v) is 18.4. The van der Waals surface area contributed by atoms with Crippen LogP contribution in [0.1, 0.15) is 5.69 Å². The average molecular weight is 462 g/mol. The summed E-state index contributed by atoms with van der Waals surface area (Å²) in [5, 5.41) is 11.6. The standard InChI is InChI=1S/C24H23FN6O3/c25-19-6-4-17(5-7-19)24-27-21(16-34-24)14-31-15-22(28-29-31)18-2-1-3-20(12-18)26-13-23(32)30-8-10-33-11-9-30/h1-7,12,15-16,26H,8-11,13-14H2. The minimum atomic E-state index is -0.311. The number of hydrogen-bond donors (Lipinski definition) is 1. The summed E-state index contributed by atoms with van der Waals surface area (Å²) in [6.07, 6.45) is 3.38. The maximum atomic E-state index is 13.1. The van der Waals surface area contributed by atoms with E-state index in [1.807, 2.05) is 30.5 Å². The van der Waals surface area contributed by atoms with Crippen LogP contribution in [-0.4, -0.2) is 63.6 Å². The van der Waals surface area contributed by atoms with E-state index in [0.717, 1.165) is 11.3 Å². The third kappa shape index (κ3) is 5.12. The molecule has 34 heavy (non-hydrogen) atoms. The Bertz CT molecular complexity index is 1260. The summed E-state index contributed by atoms with van der Waals surface area (Å²) in [6, 6.07) is 13.7. The normalized spacial score (nSPS) is 13.7. The van der Waals surface area contributed by atoms with E-state index in [4.69, 9.17) is 9.15 Å². The molecule has 1 aliphatic heterocycles. The minimum absolute atomic E-state index is 0.0484. The second-order valence-corrected chi connectivity index (χ2v) is 7.88. The number of aromatic nitrogens is 4. The van der Waals surface area contributed by atoms with E-state index in [0.29, 0.717) is 55.7 Å². The third-order valence-electron chi connectivity index (χ3n) is 5.47. The average Bonchev–Trinajstić information content (AvgIpc) is 3.54. The van der Waals surface area contributed by atoms with Gasteiger partial charge in [0, 0.05) is 29.9 Å². The smallest absolute Gasteiger partial charge is 0.242 e. The van der Waals surface area contributed by atoms with Crippen molar-refractivity contribution in [3.05, 3.63) is 72.5 Å². The number of amides is 1. The highest BCUT2D eigenvalue weighted by Gasteiger charge is 2.16. The molecule has 4 aromatic rings. The lowest BCUT2D eigenvalue weighted by atomic mass is 10.1. The van der Waals surface area contributed by atoms with Crippen LogP contribution in [0.15, 0.2) is 65.4 Å². The highest BCUT2D eigenvalue weighted by Crippen LogP contribution is 2.22. The molecule has 0 unspecified atom stereocenters. The van der Waals surface area contributed by atoms with Gasteiger partial charge in [0.1, 0.15) is 23.5 Å². The van der Waals surface area contributed by atoms with Crippen LogP contribution in [0.2, 0.25) is 0 Å². The van der Waals surface area contributed by atoms with Crippen LogP contribution in [0.5, 0.6) is 0 Å². The molecular formula is C24H23FN6O3. The van der Waals surface area contributed by atoms with Crippen LogP contribution in [0, 0.1) is 5.82 Å². The summed E-state index contributed by atoms with van der Waals surface area (Å²) in [4.78, 5) is 18.6. The van der Waals surface area contributed by atoms with E-state index >= 15 is 0 Å². The van der Waals surface area contributed by atoms with Crippen LogP contribution in [0.25, 0.3) is 22.7 Å². The molecule has 174 valence electrons. The highest BCUT2D eigenvalue weighted by molar-refractivity contribution is 5.81. The molecule has 1 aliphatic rings. The molecule has 1 amide bonds. The summed E-state index contributed by atoms with van der Waals surface area (Å²) in [7, 11) is 0. The summed E-state index contributed by atoms with van der Waals surface area (Å²) in [6.45, 7) is 3.01. The van der Waals surface area contributed by atoms with E-state index in [9.17, 15) is 9.18 Å². The lowest BCUT2D eigenvalue weighted by Gasteiger charge is -2.27. The van der Waals surface area contributed by atoms with Crippen molar-refractivity contribution in [1.29, 1.82) is 0 Å². The van der Waals surface area contributed by atoms with Crippen molar-refractivity contribution in [1.82, 2.24) is 24.9 Å². The van der Waals surface area contributed by atoms with Crippen molar-refractivity contribution in [2.75, 3.05) is 38.2 Å². The van der Waals surface area contributed by atoms with E-state index in [1.54, 1.807) is 28.0 Å². The topological polar surface area (TPSA) is 98.3 Å². The maximum Gasteiger partial charge on any atom is 0.242 e. The van der Waals surface area contributed by atoms with Crippen molar-refractivity contribution in [2.45, 2.75) is 6.54 Å². The fourth-order valence-corrected chi connectivity index (χ4v) is 3.67. The van der Waals surface area contributed by atoms with Gasteiger partial charge >= 0.3 is 0 Å². The molecule has 2 aromatic heterocycles. The molecule has 1 saturated heterocycles. The van der Waals surface area contributed by atoms with E-state index in [-0.39, 0.29) is 18.3 Å². The summed E-state index contributed by atoms with van der Waals surface area (Å²) < 4.78 is 25.6. The first kappa shape index (κ1) is 21.8.